The van der Waals surface area contributed by atoms with E-state index in [1.165, 1.54) is 7.11 Å². The molecular weight excluding hydrogens is 239 g/mol. The van der Waals surface area contributed by atoms with E-state index in [1.54, 1.807) is 19.2 Å². The molecule has 0 saturated carbocycles. The van der Waals surface area contributed by atoms with Gasteiger partial charge in [0.05, 0.1) is 6.61 Å². The molecule has 1 aliphatic heterocycles. The van der Waals surface area contributed by atoms with Crippen LogP contribution in [-0.4, -0.2) is 39.9 Å². The number of hydrogen-bond donors (Lipinski definition) is 1. The standard InChI is InChI=1S/C11H15BO6/c1-14-6-16-9-3-8-5-18-12(13)11(8)10(4-9)17-7-15-2/h3-4,13H,5-7H2,1-2H3. The predicted molar refractivity (Wildman–Crippen MR) is 63.8 cm³/mol. The summed E-state index contributed by atoms with van der Waals surface area (Å²) in [6.45, 7) is 0.558. The van der Waals surface area contributed by atoms with E-state index in [0.717, 1.165) is 5.56 Å². The highest BCUT2D eigenvalue weighted by atomic mass is 16.7. The van der Waals surface area contributed by atoms with Crippen LogP contribution < -0.4 is 14.9 Å². The summed E-state index contributed by atoms with van der Waals surface area (Å²) in [5.41, 5.74) is 1.46. The van der Waals surface area contributed by atoms with Crippen LogP contribution in [0, 0.1) is 0 Å². The van der Waals surface area contributed by atoms with E-state index >= 15 is 0 Å². The fraction of sp³-hybridized carbons (Fsp3) is 0.455. The average Bonchev–Trinajstić information content (AvgIpc) is 2.75. The molecule has 0 unspecified atom stereocenters. The lowest BCUT2D eigenvalue weighted by atomic mass is 9.78. The molecule has 0 aromatic heterocycles. The third-order valence-electron chi connectivity index (χ3n) is 2.52. The molecular formula is C11H15BO6. The minimum Gasteiger partial charge on any atom is -0.468 e. The van der Waals surface area contributed by atoms with E-state index < -0.39 is 7.12 Å². The first-order chi connectivity index (χ1) is 8.76. The van der Waals surface area contributed by atoms with Crippen LogP contribution in [0.5, 0.6) is 11.5 Å². The fourth-order valence-corrected chi connectivity index (χ4v) is 1.76. The first-order valence-corrected chi connectivity index (χ1v) is 5.46. The molecule has 1 aliphatic rings. The van der Waals surface area contributed by atoms with Crippen molar-refractivity contribution >= 4 is 12.6 Å². The van der Waals surface area contributed by atoms with Gasteiger partial charge in [0.25, 0.3) is 0 Å². The number of methoxy groups -OCH3 is 2. The molecule has 6 nitrogen and oxygen atoms in total. The van der Waals surface area contributed by atoms with E-state index in [4.69, 9.17) is 23.6 Å². The average molecular weight is 254 g/mol. The Kier molecular flexibility index (Phi) is 4.43. The van der Waals surface area contributed by atoms with E-state index in [0.29, 0.717) is 23.6 Å². The second-order valence-electron chi connectivity index (χ2n) is 3.76. The lowest BCUT2D eigenvalue weighted by Gasteiger charge is -2.12. The molecule has 1 N–H and O–H groups in total. The first-order valence-electron chi connectivity index (χ1n) is 5.46. The molecule has 0 saturated heterocycles. The third-order valence-corrected chi connectivity index (χ3v) is 2.52. The van der Waals surface area contributed by atoms with Gasteiger partial charge in [0.2, 0.25) is 0 Å². The minimum atomic E-state index is -0.969. The summed E-state index contributed by atoms with van der Waals surface area (Å²) in [4.78, 5) is 0. The van der Waals surface area contributed by atoms with Crippen molar-refractivity contribution in [2.45, 2.75) is 6.61 Å². The zero-order valence-corrected chi connectivity index (χ0v) is 10.3. The van der Waals surface area contributed by atoms with Gasteiger partial charge in [-0.15, -0.1) is 0 Å². The van der Waals surface area contributed by atoms with Gasteiger partial charge in [-0.1, -0.05) is 0 Å². The van der Waals surface area contributed by atoms with Gasteiger partial charge in [-0.05, 0) is 11.6 Å². The molecule has 18 heavy (non-hydrogen) atoms. The zero-order chi connectivity index (χ0) is 13.0. The summed E-state index contributed by atoms with van der Waals surface area (Å²) >= 11 is 0. The Labute approximate surface area is 106 Å². The van der Waals surface area contributed by atoms with Gasteiger partial charge in [0, 0.05) is 25.7 Å². The van der Waals surface area contributed by atoms with Crippen molar-refractivity contribution in [3.63, 3.8) is 0 Å². The first kappa shape index (κ1) is 13.2. The molecule has 0 radical (unpaired) electrons. The van der Waals surface area contributed by atoms with Crippen LogP contribution in [0.3, 0.4) is 0 Å². The highest BCUT2D eigenvalue weighted by Gasteiger charge is 2.32. The summed E-state index contributed by atoms with van der Waals surface area (Å²) < 4.78 is 25.6. The summed E-state index contributed by atoms with van der Waals surface area (Å²) in [5.74, 6) is 1.09. The Morgan fingerprint density at radius 2 is 1.94 bits per heavy atom. The van der Waals surface area contributed by atoms with Crippen molar-refractivity contribution in [1.29, 1.82) is 0 Å². The van der Waals surface area contributed by atoms with E-state index in [-0.39, 0.29) is 13.6 Å². The maximum Gasteiger partial charge on any atom is 0.495 e. The molecule has 1 aromatic carbocycles. The second-order valence-corrected chi connectivity index (χ2v) is 3.76. The van der Waals surface area contributed by atoms with Crippen molar-refractivity contribution in [1.82, 2.24) is 0 Å². The SMILES string of the molecule is COCOc1cc2c(c(OCOC)c1)B(O)OC2. The van der Waals surface area contributed by atoms with Crippen LogP contribution in [-0.2, 0) is 20.7 Å². The predicted octanol–water partition coefficient (Wildman–Crippen LogP) is -0.130. The molecule has 0 amide bonds. The minimum absolute atomic E-state index is 0.0902. The smallest absolute Gasteiger partial charge is 0.468 e. The van der Waals surface area contributed by atoms with Crippen LogP contribution in [0.1, 0.15) is 5.56 Å². The molecule has 0 bridgehead atoms. The Hall–Kier alpha value is -1.28. The van der Waals surface area contributed by atoms with Gasteiger partial charge < -0.3 is 28.6 Å². The van der Waals surface area contributed by atoms with Gasteiger partial charge in [-0.2, -0.15) is 0 Å². The van der Waals surface area contributed by atoms with Crippen molar-refractivity contribution in [3.8, 4) is 11.5 Å². The highest BCUT2D eigenvalue weighted by Crippen LogP contribution is 2.25. The molecule has 2 rings (SSSR count). The van der Waals surface area contributed by atoms with Gasteiger partial charge in [0.1, 0.15) is 11.5 Å². The Bertz CT molecular complexity index is 411. The largest absolute Gasteiger partial charge is 0.495 e. The van der Waals surface area contributed by atoms with Gasteiger partial charge in [0.15, 0.2) is 13.6 Å². The number of rotatable bonds is 6. The summed E-state index contributed by atoms with van der Waals surface area (Å²) in [6, 6.07) is 3.47. The van der Waals surface area contributed by atoms with Crippen molar-refractivity contribution in [2.24, 2.45) is 0 Å². The normalized spacial score (nSPS) is 13.6. The molecule has 7 heteroatoms. The molecule has 1 aromatic rings. The van der Waals surface area contributed by atoms with Gasteiger partial charge >= 0.3 is 7.12 Å². The lowest BCUT2D eigenvalue weighted by molar-refractivity contribution is 0.0464. The zero-order valence-electron chi connectivity index (χ0n) is 10.3. The van der Waals surface area contributed by atoms with Crippen molar-refractivity contribution < 1.29 is 28.6 Å². The monoisotopic (exact) mass is 254 g/mol. The molecule has 1 heterocycles. The quantitative estimate of drug-likeness (QED) is 0.563. The third kappa shape index (κ3) is 2.76. The van der Waals surface area contributed by atoms with E-state index in [9.17, 15) is 5.02 Å². The van der Waals surface area contributed by atoms with Gasteiger partial charge in [-0.3, -0.25) is 0 Å². The Morgan fingerprint density at radius 1 is 1.22 bits per heavy atom. The van der Waals surface area contributed by atoms with E-state index in [2.05, 4.69) is 0 Å². The van der Waals surface area contributed by atoms with Gasteiger partial charge in [-0.25, -0.2) is 0 Å². The maximum absolute atomic E-state index is 9.72. The molecule has 0 spiro atoms. The van der Waals surface area contributed by atoms with Crippen molar-refractivity contribution in [3.05, 3.63) is 17.7 Å². The number of ether oxygens (including phenoxy) is 4. The maximum atomic E-state index is 9.72. The highest BCUT2D eigenvalue weighted by molar-refractivity contribution is 6.62. The second kappa shape index (κ2) is 6.06. The van der Waals surface area contributed by atoms with Crippen LogP contribution in [0.15, 0.2) is 12.1 Å². The van der Waals surface area contributed by atoms with Crippen LogP contribution in [0.25, 0.3) is 0 Å². The lowest BCUT2D eigenvalue weighted by Crippen LogP contribution is -2.30. The Balaban J connectivity index is 2.26. The molecule has 0 atom stereocenters. The molecule has 0 fully saturated rings. The topological polar surface area (TPSA) is 66.4 Å². The fourth-order valence-electron chi connectivity index (χ4n) is 1.76. The van der Waals surface area contributed by atoms with Crippen LogP contribution in [0.2, 0.25) is 0 Å². The number of fused-ring (bicyclic) bond motifs is 1. The number of hydrogen-bond acceptors (Lipinski definition) is 6. The molecule has 98 valence electrons. The van der Waals surface area contributed by atoms with Crippen molar-refractivity contribution in [2.75, 3.05) is 27.8 Å². The summed E-state index contributed by atoms with van der Waals surface area (Å²) in [7, 11) is 2.10. The van der Waals surface area contributed by atoms with E-state index in [1.807, 2.05) is 0 Å². The van der Waals surface area contributed by atoms with Crippen LogP contribution in [0.4, 0.5) is 0 Å². The van der Waals surface area contributed by atoms with Crippen LogP contribution >= 0.6 is 0 Å². The summed E-state index contributed by atoms with van der Waals surface area (Å²) in [6.07, 6.45) is 0. The Morgan fingerprint density at radius 3 is 2.67 bits per heavy atom. The summed E-state index contributed by atoms with van der Waals surface area (Å²) in [5, 5.41) is 9.72. The number of benzene rings is 1. The molecule has 0 aliphatic carbocycles.